The number of nitrogens with one attached hydrogen (secondary N) is 1. The van der Waals surface area contributed by atoms with Gasteiger partial charge in [0, 0.05) is 5.69 Å². The first-order valence-corrected chi connectivity index (χ1v) is 8.51. The van der Waals surface area contributed by atoms with Crippen molar-refractivity contribution in [3.63, 3.8) is 0 Å². The fourth-order valence-corrected chi connectivity index (χ4v) is 2.99. The second-order valence-electron chi connectivity index (χ2n) is 5.16. The number of anilines is 1. The number of thioether (sulfide) groups is 1. The number of tetrazole rings is 1. The van der Waals surface area contributed by atoms with Crippen molar-refractivity contribution >= 4 is 23.4 Å². The summed E-state index contributed by atoms with van der Waals surface area (Å²) < 4.78 is 6.92. The van der Waals surface area contributed by atoms with Crippen LogP contribution in [0, 0.1) is 0 Å². The number of methoxy groups -OCH3 is 1. The van der Waals surface area contributed by atoms with E-state index < -0.39 is 0 Å². The lowest BCUT2D eigenvalue weighted by atomic mass is 10.3. The average molecular weight is 355 g/mol. The molecule has 128 valence electrons. The Bertz CT molecular complexity index is 853. The predicted molar refractivity (Wildman–Crippen MR) is 96.1 cm³/mol. The number of benzene rings is 2. The topological polar surface area (TPSA) is 81.9 Å². The molecule has 0 bridgehead atoms. The van der Waals surface area contributed by atoms with E-state index in [2.05, 4.69) is 20.8 Å². The van der Waals surface area contributed by atoms with Gasteiger partial charge in [-0.3, -0.25) is 4.79 Å². The molecule has 0 aliphatic rings. The van der Waals surface area contributed by atoms with Crippen molar-refractivity contribution in [1.29, 1.82) is 0 Å². The molecule has 1 heterocycles. The minimum Gasteiger partial charge on any atom is -0.494 e. The molecular formula is C17H17N5O2S. The quantitative estimate of drug-likeness (QED) is 0.685. The molecular weight excluding hydrogens is 338 g/mol. The van der Waals surface area contributed by atoms with Crippen LogP contribution in [0.2, 0.25) is 0 Å². The highest BCUT2D eigenvalue weighted by molar-refractivity contribution is 8.00. The maximum absolute atomic E-state index is 12.4. The van der Waals surface area contributed by atoms with E-state index in [9.17, 15) is 4.79 Å². The highest BCUT2D eigenvalue weighted by Crippen LogP contribution is 2.28. The third-order valence-electron chi connectivity index (χ3n) is 3.45. The first-order chi connectivity index (χ1) is 12.2. The minimum atomic E-state index is -0.375. The van der Waals surface area contributed by atoms with Crippen LogP contribution in [0.5, 0.6) is 5.75 Å². The minimum absolute atomic E-state index is 0.120. The van der Waals surface area contributed by atoms with Crippen LogP contribution in [-0.2, 0) is 4.79 Å². The van der Waals surface area contributed by atoms with Gasteiger partial charge >= 0.3 is 0 Å². The van der Waals surface area contributed by atoms with Crippen LogP contribution >= 0.6 is 11.8 Å². The summed E-state index contributed by atoms with van der Waals surface area (Å²) in [5.41, 5.74) is 1.47. The molecule has 2 aromatic carbocycles. The molecule has 1 atom stereocenters. The van der Waals surface area contributed by atoms with E-state index in [1.165, 1.54) is 11.8 Å². The number of carbonyl (C=O) groups excluding carboxylic acids is 1. The van der Waals surface area contributed by atoms with Crippen LogP contribution in [0.1, 0.15) is 6.92 Å². The van der Waals surface area contributed by atoms with Gasteiger partial charge in [0.15, 0.2) is 0 Å². The van der Waals surface area contributed by atoms with Crippen molar-refractivity contribution in [3.8, 4) is 11.4 Å². The number of amides is 1. The molecule has 0 aliphatic heterocycles. The Labute approximate surface area is 149 Å². The number of hydrogen-bond donors (Lipinski definition) is 1. The summed E-state index contributed by atoms with van der Waals surface area (Å²) in [6.45, 7) is 1.81. The third-order valence-corrected chi connectivity index (χ3v) is 4.48. The number of para-hydroxylation sites is 3. The second-order valence-corrected chi connectivity index (χ2v) is 6.47. The summed E-state index contributed by atoms with van der Waals surface area (Å²) in [5.74, 6) is 0.531. The summed E-state index contributed by atoms with van der Waals surface area (Å²) in [7, 11) is 1.59. The third kappa shape index (κ3) is 3.97. The van der Waals surface area contributed by atoms with E-state index >= 15 is 0 Å². The Morgan fingerprint density at radius 1 is 1.16 bits per heavy atom. The normalized spacial score (nSPS) is 11.8. The number of rotatable bonds is 6. The lowest BCUT2D eigenvalue weighted by Gasteiger charge is -2.12. The first kappa shape index (κ1) is 17.0. The molecule has 0 spiro atoms. The molecule has 0 saturated heterocycles. The van der Waals surface area contributed by atoms with Crippen molar-refractivity contribution in [2.45, 2.75) is 17.3 Å². The predicted octanol–water partition coefficient (Wildman–Crippen LogP) is 2.79. The van der Waals surface area contributed by atoms with Crippen LogP contribution in [-0.4, -0.2) is 38.5 Å². The van der Waals surface area contributed by atoms with Gasteiger partial charge in [-0.25, -0.2) is 0 Å². The summed E-state index contributed by atoms with van der Waals surface area (Å²) in [5, 5.41) is 14.8. The van der Waals surface area contributed by atoms with Gasteiger partial charge in [-0.1, -0.05) is 42.1 Å². The Kier molecular flexibility index (Phi) is 5.30. The number of carbonyl (C=O) groups is 1. The molecule has 0 aliphatic carbocycles. The lowest BCUT2D eigenvalue weighted by Crippen LogP contribution is -2.22. The van der Waals surface area contributed by atoms with Crippen molar-refractivity contribution in [1.82, 2.24) is 20.2 Å². The molecule has 3 aromatic rings. The Hall–Kier alpha value is -2.87. The molecule has 0 radical (unpaired) electrons. The zero-order valence-corrected chi connectivity index (χ0v) is 14.6. The van der Waals surface area contributed by atoms with Gasteiger partial charge in [0.05, 0.1) is 12.4 Å². The average Bonchev–Trinajstić information content (AvgIpc) is 3.10. The highest BCUT2D eigenvalue weighted by Gasteiger charge is 2.20. The Balaban J connectivity index is 1.76. The SMILES string of the molecule is COc1ccccc1-n1nnnc1SC(C)C(=O)Nc1ccccc1. The maximum Gasteiger partial charge on any atom is 0.237 e. The molecule has 1 amide bonds. The molecule has 8 heteroatoms. The molecule has 3 rings (SSSR count). The van der Waals surface area contributed by atoms with Gasteiger partial charge in [-0.15, -0.1) is 5.10 Å². The van der Waals surface area contributed by atoms with E-state index in [-0.39, 0.29) is 11.2 Å². The lowest BCUT2D eigenvalue weighted by molar-refractivity contribution is -0.115. The molecule has 1 unspecified atom stereocenters. The van der Waals surface area contributed by atoms with Gasteiger partial charge in [0.2, 0.25) is 11.1 Å². The van der Waals surface area contributed by atoms with Crippen LogP contribution in [0.3, 0.4) is 0 Å². The molecule has 25 heavy (non-hydrogen) atoms. The van der Waals surface area contributed by atoms with Crippen molar-refractivity contribution in [2.24, 2.45) is 0 Å². The number of hydrogen-bond acceptors (Lipinski definition) is 6. The van der Waals surface area contributed by atoms with E-state index in [1.54, 1.807) is 11.8 Å². The molecule has 7 nitrogen and oxygen atoms in total. The van der Waals surface area contributed by atoms with E-state index in [0.29, 0.717) is 16.6 Å². The summed E-state index contributed by atoms with van der Waals surface area (Å²) in [6.07, 6.45) is 0. The molecule has 0 saturated carbocycles. The van der Waals surface area contributed by atoms with Crippen LogP contribution in [0.15, 0.2) is 59.8 Å². The van der Waals surface area contributed by atoms with Crippen molar-refractivity contribution in [2.75, 3.05) is 12.4 Å². The molecule has 0 fully saturated rings. The zero-order valence-electron chi connectivity index (χ0n) is 13.8. The van der Waals surface area contributed by atoms with Crippen LogP contribution in [0.25, 0.3) is 5.69 Å². The second kappa shape index (κ2) is 7.80. The van der Waals surface area contributed by atoms with Gasteiger partial charge in [0.25, 0.3) is 0 Å². The van der Waals surface area contributed by atoms with Crippen LogP contribution in [0.4, 0.5) is 5.69 Å². The molecule has 1 aromatic heterocycles. The van der Waals surface area contributed by atoms with Crippen molar-refractivity contribution < 1.29 is 9.53 Å². The van der Waals surface area contributed by atoms with Gasteiger partial charge in [-0.2, -0.15) is 4.68 Å². The maximum atomic E-state index is 12.4. The first-order valence-electron chi connectivity index (χ1n) is 7.63. The largest absolute Gasteiger partial charge is 0.494 e. The number of nitrogens with zero attached hydrogens (tertiary/aromatic N) is 4. The van der Waals surface area contributed by atoms with E-state index in [0.717, 1.165) is 5.69 Å². The molecule has 1 N–H and O–H groups in total. The summed E-state index contributed by atoms with van der Waals surface area (Å²) >= 11 is 1.28. The zero-order chi connectivity index (χ0) is 17.6. The van der Waals surface area contributed by atoms with Gasteiger partial charge in [0.1, 0.15) is 11.4 Å². The summed E-state index contributed by atoms with van der Waals surface area (Å²) in [6, 6.07) is 16.8. The smallest absolute Gasteiger partial charge is 0.237 e. The van der Waals surface area contributed by atoms with E-state index in [1.807, 2.05) is 61.5 Å². The van der Waals surface area contributed by atoms with E-state index in [4.69, 9.17) is 4.74 Å². The highest BCUT2D eigenvalue weighted by atomic mass is 32.2. The Morgan fingerprint density at radius 3 is 2.64 bits per heavy atom. The fraction of sp³-hybridized carbons (Fsp3) is 0.176. The standard InChI is InChI=1S/C17H17N5O2S/c1-12(16(23)18-13-8-4-3-5-9-13)25-17-19-20-21-22(17)14-10-6-7-11-15(14)24-2/h3-12H,1-2H3,(H,18,23). The summed E-state index contributed by atoms with van der Waals surface area (Å²) in [4.78, 5) is 12.4. The fourth-order valence-electron chi connectivity index (χ4n) is 2.19. The monoisotopic (exact) mass is 355 g/mol. The number of aromatic nitrogens is 4. The Morgan fingerprint density at radius 2 is 1.88 bits per heavy atom. The van der Waals surface area contributed by atoms with Gasteiger partial charge < -0.3 is 10.1 Å². The van der Waals surface area contributed by atoms with Crippen molar-refractivity contribution in [3.05, 3.63) is 54.6 Å². The van der Waals surface area contributed by atoms with Gasteiger partial charge in [-0.05, 0) is 41.6 Å². The number of ether oxygens (including phenoxy) is 1. The van der Waals surface area contributed by atoms with Crippen LogP contribution < -0.4 is 10.1 Å².